The predicted molar refractivity (Wildman–Crippen MR) is 128 cm³/mol. The molecule has 0 heterocycles. The van der Waals surface area contributed by atoms with Crippen molar-refractivity contribution >= 4 is 34.2 Å². The molecule has 2 aliphatic rings. The van der Waals surface area contributed by atoms with E-state index in [0.717, 1.165) is 41.4 Å². The van der Waals surface area contributed by atoms with E-state index >= 15 is 0 Å². The minimum atomic E-state index is -0.0309. The molecule has 0 unspecified atom stereocenters. The van der Waals surface area contributed by atoms with Gasteiger partial charge in [-0.3, -0.25) is 14.5 Å². The number of nitrogens with zero attached hydrogens (tertiary/aromatic N) is 2. The molecule has 5 heteroatoms. The van der Waals surface area contributed by atoms with Crippen LogP contribution in [0.4, 0.5) is 0 Å². The van der Waals surface area contributed by atoms with Crippen LogP contribution in [0.25, 0.3) is 5.70 Å². The van der Waals surface area contributed by atoms with Gasteiger partial charge in [0.1, 0.15) is 0 Å². The molecule has 31 heavy (non-hydrogen) atoms. The molecule has 160 valence electrons. The highest BCUT2D eigenvalue weighted by molar-refractivity contribution is 8.26. The van der Waals surface area contributed by atoms with E-state index in [9.17, 15) is 9.59 Å². The van der Waals surface area contributed by atoms with Crippen LogP contribution in [0.3, 0.4) is 0 Å². The van der Waals surface area contributed by atoms with Gasteiger partial charge in [-0.05, 0) is 60.1 Å². The number of hydrogen-bond acceptors (Lipinski definition) is 4. The van der Waals surface area contributed by atoms with Gasteiger partial charge in [0.25, 0.3) is 0 Å². The average Bonchev–Trinajstić information content (AvgIpc) is 3.25. The Kier molecular flexibility index (Phi) is 6.42. The summed E-state index contributed by atoms with van der Waals surface area (Å²) in [6.45, 7) is 2.19. The summed E-state index contributed by atoms with van der Waals surface area (Å²) in [5, 5.41) is 0.395. The summed E-state index contributed by atoms with van der Waals surface area (Å²) in [5.41, 5.74) is 5.74. The lowest BCUT2D eigenvalue weighted by molar-refractivity contribution is -0.113. The Labute approximate surface area is 188 Å². The molecule has 0 saturated heterocycles. The Balaban J connectivity index is 1.71. The van der Waals surface area contributed by atoms with Crippen LogP contribution in [0.15, 0.2) is 65.2 Å². The second-order valence-electron chi connectivity index (χ2n) is 8.54. The Morgan fingerprint density at radius 3 is 2.48 bits per heavy atom. The number of amidine groups is 1. The SMILES string of the molecule is CC1=C(N=C(SC(=O)Cc2ccccc2)N(C)C=O)c2ccccc2CC12CCCC2. The van der Waals surface area contributed by atoms with Crippen molar-refractivity contribution in [3.05, 3.63) is 76.9 Å². The third-order valence-electron chi connectivity index (χ3n) is 6.58. The van der Waals surface area contributed by atoms with Crippen molar-refractivity contribution in [1.82, 2.24) is 4.90 Å². The van der Waals surface area contributed by atoms with Crippen LogP contribution in [0.5, 0.6) is 0 Å². The lowest BCUT2D eigenvalue weighted by Gasteiger charge is -2.37. The summed E-state index contributed by atoms with van der Waals surface area (Å²) in [7, 11) is 1.66. The second kappa shape index (κ2) is 9.23. The van der Waals surface area contributed by atoms with Gasteiger partial charge in [0.05, 0.1) is 5.70 Å². The molecule has 1 spiro atoms. The van der Waals surface area contributed by atoms with Crippen LogP contribution >= 0.6 is 11.8 Å². The van der Waals surface area contributed by atoms with Crippen molar-refractivity contribution in [1.29, 1.82) is 0 Å². The quantitative estimate of drug-likeness (QED) is 0.365. The standard InChI is InChI=1S/C26H28N2O2S/c1-19-24(22-13-7-6-12-21(22)17-26(19)14-8-9-15-26)27-25(28(2)18-29)31-23(30)16-20-10-4-3-5-11-20/h3-7,10-13,18H,8-9,14-17H2,1-2H3. The molecular formula is C26H28N2O2S. The molecule has 2 aliphatic carbocycles. The van der Waals surface area contributed by atoms with Gasteiger partial charge in [0.2, 0.25) is 11.5 Å². The third kappa shape index (κ3) is 4.52. The number of aliphatic imine (C=N–C) groups is 1. The topological polar surface area (TPSA) is 49.7 Å². The van der Waals surface area contributed by atoms with Gasteiger partial charge in [-0.2, -0.15) is 0 Å². The molecule has 0 aromatic heterocycles. The molecule has 4 nitrogen and oxygen atoms in total. The lowest BCUT2D eigenvalue weighted by Crippen LogP contribution is -2.28. The first-order valence-corrected chi connectivity index (χ1v) is 11.7. The minimum Gasteiger partial charge on any atom is -0.297 e. The maximum atomic E-state index is 12.8. The zero-order valence-electron chi connectivity index (χ0n) is 18.1. The Morgan fingerprint density at radius 1 is 1.10 bits per heavy atom. The van der Waals surface area contributed by atoms with Gasteiger partial charge in [-0.1, -0.05) is 67.4 Å². The molecule has 1 amide bonds. The van der Waals surface area contributed by atoms with E-state index in [0.29, 0.717) is 11.6 Å². The normalized spacial score (nSPS) is 17.5. The summed E-state index contributed by atoms with van der Waals surface area (Å²) in [4.78, 5) is 30.8. The number of rotatable bonds is 4. The summed E-state index contributed by atoms with van der Waals surface area (Å²) >= 11 is 1.05. The molecule has 2 aromatic rings. The fourth-order valence-corrected chi connectivity index (χ4v) is 5.58. The highest BCUT2D eigenvalue weighted by Gasteiger charge is 2.41. The van der Waals surface area contributed by atoms with E-state index in [1.54, 1.807) is 7.05 Å². The number of amides is 1. The Bertz CT molecular complexity index is 1040. The summed E-state index contributed by atoms with van der Waals surface area (Å²) in [5.74, 6) is 0. The smallest absolute Gasteiger partial charge is 0.215 e. The van der Waals surface area contributed by atoms with Crippen molar-refractivity contribution in [3.8, 4) is 0 Å². The van der Waals surface area contributed by atoms with E-state index < -0.39 is 0 Å². The van der Waals surface area contributed by atoms with Crippen molar-refractivity contribution in [2.75, 3.05) is 7.05 Å². The van der Waals surface area contributed by atoms with Crippen LogP contribution in [-0.2, 0) is 22.4 Å². The van der Waals surface area contributed by atoms with Crippen LogP contribution in [0, 0.1) is 5.41 Å². The van der Waals surface area contributed by atoms with Crippen molar-refractivity contribution in [3.63, 3.8) is 0 Å². The highest BCUT2D eigenvalue weighted by atomic mass is 32.2. The number of fused-ring (bicyclic) bond motifs is 1. The molecule has 1 fully saturated rings. The zero-order chi connectivity index (χ0) is 21.8. The highest BCUT2D eigenvalue weighted by Crippen LogP contribution is 2.52. The Morgan fingerprint density at radius 2 is 1.77 bits per heavy atom. The van der Waals surface area contributed by atoms with Gasteiger partial charge < -0.3 is 0 Å². The number of thioether (sulfide) groups is 1. The number of allylic oxidation sites excluding steroid dienone is 1. The first kappa shape index (κ1) is 21.6. The predicted octanol–water partition coefficient (Wildman–Crippen LogP) is 5.48. The summed E-state index contributed by atoms with van der Waals surface area (Å²) < 4.78 is 0. The molecule has 0 N–H and O–H groups in total. The first-order chi connectivity index (χ1) is 15.0. The molecule has 0 radical (unpaired) electrons. The Hall–Kier alpha value is -2.66. The van der Waals surface area contributed by atoms with Crippen molar-refractivity contribution in [2.45, 2.75) is 45.4 Å². The molecule has 2 aromatic carbocycles. The van der Waals surface area contributed by atoms with Gasteiger partial charge in [0, 0.05) is 19.0 Å². The van der Waals surface area contributed by atoms with Crippen LogP contribution in [-0.4, -0.2) is 28.6 Å². The van der Waals surface area contributed by atoms with Gasteiger partial charge >= 0.3 is 0 Å². The van der Waals surface area contributed by atoms with Crippen LogP contribution in [0.1, 0.15) is 49.3 Å². The monoisotopic (exact) mass is 432 g/mol. The van der Waals surface area contributed by atoms with Crippen LogP contribution < -0.4 is 0 Å². The van der Waals surface area contributed by atoms with Crippen molar-refractivity contribution in [2.24, 2.45) is 10.4 Å². The average molecular weight is 433 g/mol. The van der Waals surface area contributed by atoms with Gasteiger partial charge in [0.15, 0.2) is 5.17 Å². The molecular weight excluding hydrogens is 404 g/mol. The van der Waals surface area contributed by atoms with Crippen LogP contribution in [0.2, 0.25) is 0 Å². The maximum absolute atomic E-state index is 12.8. The zero-order valence-corrected chi connectivity index (χ0v) is 19.0. The molecule has 0 aliphatic heterocycles. The molecule has 4 rings (SSSR count). The lowest BCUT2D eigenvalue weighted by atomic mass is 9.69. The van der Waals surface area contributed by atoms with Gasteiger partial charge in [-0.15, -0.1) is 0 Å². The molecule has 0 bridgehead atoms. The number of hydrogen-bond donors (Lipinski definition) is 0. The number of carbonyl (C=O) groups is 2. The van der Waals surface area contributed by atoms with E-state index in [2.05, 4.69) is 25.1 Å². The van der Waals surface area contributed by atoms with E-state index in [1.807, 2.05) is 36.4 Å². The fraction of sp³-hybridized carbons (Fsp3) is 0.346. The largest absolute Gasteiger partial charge is 0.297 e. The van der Waals surface area contributed by atoms with E-state index in [-0.39, 0.29) is 10.5 Å². The summed E-state index contributed by atoms with van der Waals surface area (Å²) in [6.07, 6.45) is 6.89. The fourth-order valence-electron chi connectivity index (χ4n) is 4.82. The van der Waals surface area contributed by atoms with E-state index in [4.69, 9.17) is 4.99 Å². The van der Waals surface area contributed by atoms with Gasteiger partial charge in [-0.25, -0.2) is 4.99 Å². The number of benzene rings is 2. The third-order valence-corrected chi connectivity index (χ3v) is 7.51. The minimum absolute atomic E-state index is 0.0309. The molecule has 1 saturated carbocycles. The number of carbonyl (C=O) groups excluding carboxylic acids is 2. The first-order valence-electron chi connectivity index (χ1n) is 10.8. The van der Waals surface area contributed by atoms with E-state index in [1.165, 1.54) is 41.7 Å². The van der Waals surface area contributed by atoms with Crippen molar-refractivity contribution < 1.29 is 9.59 Å². The molecule has 0 atom stereocenters. The summed E-state index contributed by atoms with van der Waals surface area (Å²) in [6, 6.07) is 18.1. The second-order valence-corrected chi connectivity index (χ2v) is 9.57. The maximum Gasteiger partial charge on any atom is 0.215 e.